The standard InChI is InChI=1S/3O.Ru.Sr/q3*-2;+4;+2. The quantitative estimate of drug-likeness (QED) is 0.496. The van der Waals surface area contributed by atoms with Gasteiger partial charge in [-0.05, 0) is 0 Å². The zero-order chi connectivity index (χ0) is 0. The van der Waals surface area contributed by atoms with Crippen LogP contribution in [-0.4, -0.2) is 45.5 Å². The van der Waals surface area contributed by atoms with Crippen LogP contribution in [0.15, 0.2) is 0 Å². The van der Waals surface area contributed by atoms with Crippen LogP contribution >= 0.6 is 0 Å². The Morgan fingerprint density at radius 1 is 0.600 bits per heavy atom. The molecular formula is O3RuSr. The monoisotopic (exact) mass is 238 g/mol. The average Bonchev–Trinajstić information content (AvgIpc) is 0. The van der Waals surface area contributed by atoms with Gasteiger partial charge in [-0.2, -0.15) is 0 Å². The van der Waals surface area contributed by atoms with E-state index in [0.29, 0.717) is 0 Å². The van der Waals surface area contributed by atoms with Crippen molar-refractivity contribution in [2.75, 3.05) is 0 Å². The van der Waals surface area contributed by atoms with E-state index in [9.17, 15) is 0 Å². The molecule has 0 N–H and O–H groups in total. The van der Waals surface area contributed by atoms with Crippen molar-refractivity contribution in [3.63, 3.8) is 0 Å². The molecular weight excluding hydrogens is 237 g/mol. The Hall–Kier alpha value is 1.98. The van der Waals surface area contributed by atoms with Crippen molar-refractivity contribution in [3.05, 3.63) is 0 Å². The molecule has 0 saturated carbocycles. The molecule has 3 nitrogen and oxygen atoms in total. The Morgan fingerprint density at radius 3 is 0.600 bits per heavy atom. The minimum absolute atomic E-state index is 0. The van der Waals surface area contributed by atoms with Crippen LogP contribution in [0.4, 0.5) is 0 Å². The van der Waals surface area contributed by atoms with E-state index in [1.165, 1.54) is 0 Å². The first kappa shape index (κ1) is 63.5. The summed E-state index contributed by atoms with van der Waals surface area (Å²) in [4.78, 5) is 0. The minimum Gasteiger partial charge on any atom is -2.00 e. The van der Waals surface area contributed by atoms with Crippen LogP contribution in [0.2, 0.25) is 0 Å². The second-order valence-electron chi connectivity index (χ2n) is 0. The van der Waals surface area contributed by atoms with Gasteiger partial charge >= 0.3 is 65.0 Å². The van der Waals surface area contributed by atoms with Gasteiger partial charge in [-0.25, -0.2) is 0 Å². The van der Waals surface area contributed by atoms with E-state index in [0.717, 1.165) is 0 Å². The fourth-order valence-electron chi connectivity index (χ4n) is 0. The SMILES string of the molecule is [O-2].[O-2].[O-2].[Ru+4].[Sr+2]. The van der Waals surface area contributed by atoms with Crippen LogP contribution in [0.3, 0.4) is 0 Å². The second-order valence-corrected chi connectivity index (χ2v) is 0. The van der Waals surface area contributed by atoms with E-state index in [4.69, 9.17) is 0 Å². The molecule has 0 aromatic rings. The Labute approximate surface area is 80.1 Å². The van der Waals surface area contributed by atoms with Gasteiger partial charge in [-0.15, -0.1) is 0 Å². The largest absolute Gasteiger partial charge is 4.00 e. The molecule has 0 unspecified atom stereocenters. The first-order chi connectivity index (χ1) is 0. The van der Waals surface area contributed by atoms with E-state index in [2.05, 4.69) is 0 Å². The molecule has 0 amide bonds. The predicted octanol–water partition coefficient (Wildman–Crippen LogP) is -0.740. The van der Waals surface area contributed by atoms with Gasteiger partial charge in [0.15, 0.2) is 0 Å². The minimum atomic E-state index is 0. The number of rotatable bonds is 0. The fourth-order valence-corrected chi connectivity index (χ4v) is 0. The van der Waals surface area contributed by atoms with Crippen molar-refractivity contribution < 1.29 is 35.9 Å². The summed E-state index contributed by atoms with van der Waals surface area (Å²) in [6, 6.07) is 0. The third kappa shape index (κ3) is 24.1. The Balaban J connectivity index is 0. The predicted molar refractivity (Wildman–Crippen MR) is 7.81 cm³/mol. The molecule has 0 heterocycles. The van der Waals surface area contributed by atoms with Crippen LogP contribution in [0.25, 0.3) is 0 Å². The molecule has 0 saturated heterocycles. The van der Waals surface area contributed by atoms with Crippen LogP contribution in [-0.2, 0) is 35.9 Å². The summed E-state index contributed by atoms with van der Waals surface area (Å²) in [6.07, 6.45) is 0. The zero-order valence-corrected chi connectivity index (χ0v) is 7.50. The summed E-state index contributed by atoms with van der Waals surface area (Å²) in [5.41, 5.74) is 0. The summed E-state index contributed by atoms with van der Waals surface area (Å²) < 4.78 is 0. The van der Waals surface area contributed by atoms with Gasteiger partial charge < -0.3 is 16.4 Å². The first-order valence-corrected chi connectivity index (χ1v) is 0. The molecule has 0 rings (SSSR count). The van der Waals surface area contributed by atoms with E-state index < -0.39 is 0 Å². The summed E-state index contributed by atoms with van der Waals surface area (Å²) >= 11 is 0. The molecule has 28 valence electrons. The van der Waals surface area contributed by atoms with E-state index >= 15 is 0 Å². The Morgan fingerprint density at radius 2 is 0.600 bits per heavy atom. The van der Waals surface area contributed by atoms with Gasteiger partial charge in [0.2, 0.25) is 0 Å². The van der Waals surface area contributed by atoms with Gasteiger partial charge in [0, 0.05) is 0 Å². The van der Waals surface area contributed by atoms with Gasteiger partial charge in [0.1, 0.15) is 0 Å². The maximum atomic E-state index is 0. The van der Waals surface area contributed by atoms with E-state index in [1.54, 1.807) is 0 Å². The molecule has 0 atom stereocenters. The maximum Gasteiger partial charge on any atom is 4.00 e. The summed E-state index contributed by atoms with van der Waals surface area (Å²) in [5, 5.41) is 0. The van der Waals surface area contributed by atoms with E-state index in [-0.39, 0.29) is 81.4 Å². The fraction of sp³-hybridized carbons (Fsp3) is 0. The summed E-state index contributed by atoms with van der Waals surface area (Å²) in [5.74, 6) is 0. The Bertz CT molecular complexity index is 6.85. The number of hydrogen-bond donors (Lipinski definition) is 0. The summed E-state index contributed by atoms with van der Waals surface area (Å²) in [6.45, 7) is 0. The average molecular weight is 237 g/mol. The molecule has 5 heavy (non-hydrogen) atoms. The molecule has 0 radical (unpaired) electrons. The maximum absolute atomic E-state index is 0. The molecule has 0 aromatic carbocycles. The first-order valence-electron chi connectivity index (χ1n) is 0. The topological polar surface area (TPSA) is 85.5 Å². The van der Waals surface area contributed by atoms with Gasteiger partial charge in [0.25, 0.3) is 0 Å². The molecule has 0 spiro atoms. The molecule has 0 aliphatic rings. The van der Waals surface area contributed by atoms with Crippen LogP contribution < -0.4 is 0 Å². The van der Waals surface area contributed by atoms with Crippen LogP contribution in [0.1, 0.15) is 0 Å². The van der Waals surface area contributed by atoms with E-state index in [1.807, 2.05) is 0 Å². The Kier molecular flexibility index (Phi) is 480. The molecule has 0 aromatic heterocycles. The smallest absolute Gasteiger partial charge is 2.00 e. The van der Waals surface area contributed by atoms with Crippen molar-refractivity contribution in [1.29, 1.82) is 0 Å². The summed E-state index contributed by atoms with van der Waals surface area (Å²) in [7, 11) is 0. The van der Waals surface area contributed by atoms with Crippen molar-refractivity contribution in [3.8, 4) is 0 Å². The second kappa shape index (κ2) is 37.8. The van der Waals surface area contributed by atoms with Crippen LogP contribution in [0.5, 0.6) is 0 Å². The van der Waals surface area contributed by atoms with Crippen molar-refractivity contribution in [2.24, 2.45) is 0 Å². The van der Waals surface area contributed by atoms with Crippen molar-refractivity contribution in [1.82, 2.24) is 0 Å². The van der Waals surface area contributed by atoms with Crippen molar-refractivity contribution in [2.45, 2.75) is 0 Å². The number of hydrogen-bond acceptors (Lipinski definition) is 0. The third-order valence-corrected chi connectivity index (χ3v) is 0. The molecule has 0 aliphatic carbocycles. The molecule has 0 fully saturated rings. The van der Waals surface area contributed by atoms with Crippen LogP contribution in [0, 0.1) is 0 Å². The van der Waals surface area contributed by atoms with Gasteiger partial charge in [0.05, 0.1) is 0 Å². The zero-order valence-electron chi connectivity index (χ0n) is 2.29. The molecule has 0 aliphatic heterocycles. The normalized spacial score (nSPS) is 0. The van der Waals surface area contributed by atoms with Gasteiger partial charge in [-0.3, -0.25) is 0 Å². The third-order valence-electron chi connectivity index (χ3n) is 0. The molecule has 0 bridgehead atoms. The molecule has 5 heteroatoms. The van der Waals surface area contributed by atoms with Gasteiger partial charge in [-0.1, -0.05) is 0 Å². The van der Waals surface area contributed by atoms with Crippen molar-refractivity contribution >= 4 is 45.5 Å².